The molecule has 20 heavy (non-hydrogen) atoms. The Morgan fingerprint density at radius 1 is 1.00 bits per heavy atom. The fraction of sp³-hybridized carbons (Fsp3) is 0.125. The summed E-state index contributed by atoms with van der Waals surface area (Å²) in [5, 5.41) is 0. The Bertz CT molecular complexity index is 660. The predicted octanol–water partition coefficient (Wildman–Crippen LogP) is 3.48. The average Bonchev–Trinajstić information content (AvgIpc) is 2.47. The quantitative estimate of drug-likeness (QED) is 0.634. The number of rotatable bonds is 3. The fourth-order valence-corrected chi connectivity index (χ4v) is 1.87. The molecule has 0 aromatic heterocycles. The normalized spacial score (nSPS) is 10.2. The second-order valence-corrected chi connectivity index (χ2v) is 4.32. The summed E-state index contributed by atoms with van der Waals surface area (Å²) in [7, 11) is 1.30. The molecule has 0 spiro atoms. The lowest BCUT2D eigenvalue weighted by atomic mass is 10.00. The largest absolute Gasteiger partial charge is 0.465 e. The lowest BCUT2D eigenvalue weighted by molar-refractivity contribution is 0.0600. The minimum absolute atomic E-state index is 0.127. The van der Waals surface area contributed by atoms with Gasteiger partial charge >= 0.3 is 5.97 Å². The minimum atomic E-state index is -0.450. The van der Waals surface area contributed by atoms with Gasteiger partial charge in [-0.15, -0.1) is 0 Å². The molecule has 0 radical (unpaired) electrons. The number of methoxy groups -OCH3 is 1. The highest BCUT2D eigenvalue weighted by Crippen LogP contribution is 2.24. The first-order valence-electron chi connectivity index (χ1n) is 6.02. The van der Waals surface area contributed by atoms with Crippen LogP contribution >= 0.6 is 0 Å². The maximum atomic E-state index is 13.8. The minimum Gasteiger partial charge on any atom is -0.465 e. The number of carbonyl (C=O) groups is 2. The van der Waals surface area contributed by atoms with Crippen LogP contribution in [0.15, 0.2) is 42.5 Å². The third-order valence-electron chi connectivity index (χ3n) is 2.99. The Morgan fingerprint density at radius 3 is 2.15 bits per heavy atom. The standard InChI is InChI=1S/C16H13FO3/c1-10(18)13-7-8-15(17)14(9-13)11-3-5-12(6-4-11)16(19)20-2/h3-9H,1-2H3. The van der Waals surface area contributed by atoms with Crippen molar-refractivity contribution in [3.8, 4) is 11.1 Å². The molecular weight excluding hydrogens is 259 g/mol. The van der Waals surface area contributed by atoms with Crippen molar-refractivity contribution in [1.82, 2.24) is 0 Å². The van der Waals surface area contributed by atoms with E-state index in [2.05, 4.69) is 4.74 Å². The third kappa shape index (κ3) is 2.74. The highest BCUT2D eigenvalue weighted by molar-refractivity contribution is 5.95. The Morgan fingerprint density at radius 2 is 1.60 bits per heavy atom. The van der Waals surface area contributed by atoms with Crippen molar-refractivity contribution in [2.75, 3.05) is 7.11 Å². The van der Waals surface area contributed by atoms with Gasteiger partial charge in [0.15, 0.2) is 5.78 Å². The number of esters is 1. The maximum absolute atomic E-state index is 13.8. The van der Waals surface area contributed by atoms with Crippen molar-refractivity contribution >= 4 is 11.8 Å². The third-order valence-corrected chi connectivity index (χ3v) is 2.99. The molecule has 3 nitrogen and oxygen atoms in total. The number of hydrogen-bond acceptors (Lipinski definition) is 3. The second kappa shape index (κ2) is 5.65. The van der Waals surface area contributed by atoms with Gasteiger partial charge in [0.25, 0.3) is 0 Å². The first-order valence-corrected chi connectivity index (χ1v) is 6.02. The monoisotopic (exact) mass is 272 g/mol. The Hall–Kier alpha value is -2.49. The zero-order valence-corrected chi connectivity index (χ0v) is 11.1. The van der Waals surface area contributed by atoms with E-state index in [1.165, 1.54) is 32.2 Å². The highest BCUT2D eigenvalue weighted by Gasteiger charge is 2.10. The average molecular weight is 272 g/mol. The smallest absolute Gasteiger partial charge is 0.337 e. The van der Waals surface area contributed by atoms with Gasteiger partial charge in [0.05, 0.1) is 12.7 Å². The van der Waals surface area contributed by atoms with Crippen LogP contribution in [0, 0.1) is 5.82 Å². The summed E-state index contributed by atoms with van der Waals surface area (Å²) in [6.45, 7) is 1.43. The molecule has 2 rings (SSSR count). The summed E-state index contributed by atoms with van der Waals surface area (Å²) >= 11 is 0. The van der Waals surface area contributed by atoms with E-state index in [4.69, 9.17) is 0 Å². The van der Waals surface area contributed by atoms with Gasteiger partial charge in [0, 0.05) is 11.1 Å². The molecule has 0 aliphatic rings. The van der Waals surface area contributed by atoms with E-state index in [1.54, 1.807) is 24.3 Å². The molecule has 0 amide bonds. The lowest BCUT2D eigenvalue weighted by Crippen LogP contribution is -2.00. The van der Waals surface area contributed by atoms with Crippen molar-refractivity contribution in [2.45, 2.75) is 6.92 Å². The SMILES string of the molecule is COC(=O)c1ccc(-c2cc(C(C)=O)ccc2F)cc1. The van der Waals surface area contributed by atoms with E-state index in [-0.39, 0.29) is 5.78 Å². The molecule has 0 bridgehead atoms. The number of ether oxygens (including phenoxy) is 1. The molecule has 0 aliphatic carbocycles. The number of carbonyl (C=O) groups excluding carboxylic acids is 2. The van der Waals surface area contributed by atoms with Crippen LogP contribution in [-0.2, 0) is 4.74 Å². The Balaban J connectivity index is 2.43. The van der Waals surface area contributed by atoms with E-state index >= 15 is 0 Å². The first kappa shape index (κ1) is 13.9. The molecular formula is C16H13FO3. The predicted molar refractivity (Wildman–Crippen MR) is 73.2 cm³/mol. The summed E-state index contributed by atoms with van der Waals surface area (Å²) in [6, 6.07) is 10.6. The highest BCUT2D eigenvalue weighted by atomic mass is 19.1. The van der Waals surface area contributed by atoms with Crippen LogP contribution in [0.3, 0.4) is 0 Å². The van der Waals surface area contributed by atoms with Gasteiger partial charge in [0.2, 0.25) is 0 Å². The summed E-state index contributed by atoms with van der Waals surface area (Å²) in [4.78, 5) is 22.7. The topological polar surface area (TPSA) is 43.4 Å². The van der Waals surface area contributed by atoms with Gasteiger partial charge in [-0.3, -0.25) is 4.79 Å². The molecule has 2 aromatic carbocycles. The molecule has 0 heterocycles. The number of benzene rings is 2. The molecule has 0 saturated heterocycles. The summed E-state index contributed by atoms with van der Waals surface area (Å²) in [5.41, 5.74) is 1.75. The zero-order chi connectivity index (χ0) is 14.7. The van der Waals surface area contributed by atoms with E-state index in [1.807, 2.05) is 0 Å². The van der Waals surface area contributed by atoms with Gasteiger partial charge < -0.3 is 4.74 Å². The van der Waals surface area contributed by atoms with Crippen molar-refractivity contribution in [3.63, 3.8) is 0 Å². The van der Waals surface area contributed by atoms with Crippen molar-refractivity contribution in [2.24, 2.45) is 0 Å². The van der Waals surface area contributed by atoms with Gasteiger partial charge in [-0.05, 0) is 42.8 Å². The molecule has 2 aromatic rings. The van der Waals surface area contributed by atoms with Gasteiger partial charge in [-0.2, -0.15) is 0 Å². The van der Waals surface area contributed by atoms with Crippen LogP contribution in [0.5, 0.6) is 0 Å². The molecule has 0 aliphatic heterocycles. The van der Waals surface area contributed by atoms with Crippen molar-refractivity contribution in [1.29, 1.82) is 0 Å². The summed E-state index contributed by atoms with van der Waals surface area (Å²) in [6.07, 6.45) is 0. The van der Waals surface area contributed by atoms with Crippen molar-refractivity contribution in [3.05, 3.63) is 59.4 Å². The van der Waals surface area contributed by atoms with Crippen LogP contribution in [0.4, 0.5) is 4.39 Å². The molecule has 0 saturated carbocycles. The summed E-state index contributed by atoms with van der Waals surface area (Å²) < 4.78 is 18.4. The van der Waals surface area contributed by atoms with E-state index in [0.29, 0.717) is 22.3 Å². The lowest BCUT2D eigenvalue weighted by Gasteiger charge is -2.06. The van der Waals surface area contributed by atoms with Crippen LogP contribution in [0.25, 0.3) is 11.1 Å². The molecule has 4 heteroatoms. The van der Waals surface area contributed by atoms with Gasteiger partial charge in [-0.25, -0.2) is 9.18 Å². The van der Waals surface area contributed by atoms with E-state index in [0.717, 1.165) is 0 Å². The second-order valence-electron chi connectivity index (χ2n) is 4.32. The van der Waals surface area contributed by atoms with Crippen molar-refractivity contribution < 1.29 is 18.7 Å². The molecule has 0 atom stereocenters. The number of halogens is 1. The van der Waals surface area contributed by atoms with Crippen LogP contribution in [-0.4, -0.2) is 18.9 Å². The van der Waals surface area contributed by atoms with Gasteiger partial charge in [-0.1, -0.05) is 12.1 Å². The number of ketones is 1. The van der Waals surface area contributed by atoms with Crippen LogP contribution in [0.1, 0.15) is 27.6 Å². The van der Waals surface area contributed by atoms with E-state index < -0.39 is 11.8 Å². The van der Waals surface area contributed by atoms with Crippen LogP contribution < -0.4 is 0 Å². The van der Waals surface area contributed by atoms with E-state index in [9.17, 15) is 14.0 Å². The maximum Gasteiger partial charge on any atom is 0.337 e. The number of hydrogen-bond donors (Lipinski definition) is 0. The number of Topliss-reactive ketones (excluding diaryl/α,β-unsaturated/α-hetero) is 1. The fourth-order valence-electron chi connectivity index (χ4n) is 1.87. The van der Waals surface area contributed by atoms with Gasteiger partial charge in [0.1, 0.15) is 5.82 Å². The Kier molecular flexibility index (Phi) is 3.94. The molecule has 0 fully saturated rings. The first-order chi connectivity index (χ1) is 9.52. The molecule has 0 unspecified atom stereocenters. The summed E-state index contributed by atoms with van der Waals surface area (Å²) in [5.74, 6) is -0.993. The zero-order valence-electron chi connectivity index (χ0n) is 11.1. The van der Waals surface area contributed by atoms with Crippen LogP contribution in [0.2, 0.25) is 0 Å². The molecule has 102 valence electrons. The molecule has 0 N–H and O–H groups in total. The Labute approximate surface area is 116 Å².